The molecule has 1 aromatic heterocycles. The lowest BCUT2D eigenvalue weighted by atomic mass is 10.1. The highest BCUT2D eigenvalue weighted by Gasteiger charge is 2.19. The van der Waals surface area contributed by atoms with Gasteiger partial charge in [-0.3, -0.25) is 0 Å². The molecule has 0 amide bonds. The number of fused-ring (bicyclic) bond motifs is 1. The quantitative estimate of drug-likeness (QED) is 0.671. The van der Waals surface area contributed by atoms with Gasteiger partial charge in [0.05, 0.1) is 5.52 Å². The highest BCUT2D eigenvalue weighted by molar-refractivity contribution is 7.98. The van der Waals surface area contributed by atoms with Crippen molar-refractivity contribution in [1.29, 1.82) is 0 Å². The Hall–Kier alpha value is -2.60. The molecule has 2 N–H and O–H groups in total. The average Bonchev–Trinajstić information content (AvgIpc) is 2.65. The first kappa shape index (κ1) is 17.2. The maximum Gasteiger partial charge on any atom is 0.326 e. The van der Waals surface area contributed by atoms with Gasteiger partial charge >= 0.3 is 5.97 Å². The molecule has 0 aliphatic rings. The fourth-order valence-electron chi connectivity index (χ4n) is 2.56. The van der Waals surface area contributed by atoms with Crippen molar-refractivity contribution in [2.24, 2.45) is 0 Å². The van der Waals surface area contributed by atoms with Crippen LogP contribution < -0.4 is 5.32 Å². The number of para-hydroxylation sites is 1. The summed E-state index contributed by atoms with van der Waals surface area (Å²) < 4.78 is 0. The topological polar surface area (TPSA) is 75.1 Å². The summed E-state index contributed by atoms with van der Waals surface area (Å²) in [7, 11) is 0. The van der Waals surface area contributed by atoms with Gasteiger partial charge in [0.25, 0.3) is 0 Å². The van der Waals surface area contributed by atoms with Crippen LogP contribution in [0.5, 0.6) is 0 Å². The second-order valence-electron chi connectivity index (χ2n) is 5.60. The molecule has 1 unspecified atom stereocenters. The van der Waals surface area contributed by atoms with Crippen molar-refractivity contribution in [3.05, 3.63) is 54.6 Å². The monoisotopic (exact) mass is 353 g/mol. The van der Waals surface area contributed by atoms with E-state index in [9.17, 15) is 9.90 Å². The molecule has 1 atom stereocenters. The standard InChI is InChI=1S/C19H19N3O2S/c1-25-12-11-16(19(23)24)21-18-14-9-5-6-10-15(14)20-17(22-18)13-7-3-2-4-8-13/h2-10,16H,11-12H2,1H3,(H,23,24)(H,20,21,22). The van der Waals surface area contributed by atoms with Crippen LogP contribution in [0.2, 0.25) is 0 Å². The first-order chi connectivity index (χ1) is 12.2. The third-order valence-electron chi connectivity index (χ3n) is 3.85. The highest BCUT2D eigenvalue weighted by atomic mass is 32.2. The fourth-order valence-corrected chi connectivity index (χ4v) is 3.03. The summed E-state index contributed by atoms with van der Waals surface area (Å²) >= 11 is 1.63. The Balaban J connectivity index is 2.04. The highest BCUT2D eigenvalue weighted by Crippen LogP contribution is 2.25. The SMILES string of the molecule is CSCCC(Nc1nc(-c2ccccc2)nc2ccccc12)C(=O)O. The number of carboxylic acid groups (broad SMARTS) is 1. The Morgan fingerprint density at radius 1 is 1.12 bits per heavy atom. The van der Waals surface area contributed by atoms with Crippen molar-refractivity contribution >= 4 is 34.5 Å². The van der Waals surface area contributed by atoms with E-state index in [1.807, 2.05) is 60.9 Å². The molecule has 3 rings (SSSR count). The number of carbonyl (C=O) groups is 1. The number of rotatable bonds is 7. The van der Waals surface area contributed by atoms with Gasteiger partial charge in [-0.05, 0) is 30.6 Å². The Bertz CT molecular complexity index is 871. The van der Waals surface area contributed by atoms with Crippen LogP contribution in [-0.4, -0.2) is 39.1 Å². The second-order valence-corrected chi connectivity index (χ2v) is 6.58. The Morgan fingerprint density at radius 2 is 1.84 bits per heavy atom. The van der Waals surface area contributed by atoms with Crippen LogP contribution >= 0.6 is 11.8 Å². The molecule has 0 bridgehead atoms. The Morgan fingerprint density at radius 3 is 2.56 bits per heavy atom. The van der Waals surface area contributed by atoms with Crippen LogP contribution in [0, 0.1) is 0 Å². The minimum absolute atomic E-state index is 0.523. The number of nitrogens with zero attached hydrogens (tertiary/aromatic N) is 2. The van der Waals surface area contributed by atoms with Crippen molar-refractivity contribution in [2.45, 2.75) is 12.5 Å². The summed E-state index contributed by atoms with van der Waals surface area (Å²) in [4.78, 5) is 20.8. The Kier molecular flexibility index (Phi) is 5.50. The van der Waals surface area contributed by atoms with E-state index in [-0.39, 0.29) is 0 Å². The van der Waals surface area contributed by atoms with Crippen LogP contribution in [0.3, 0.4) is 0 Å². The summed E-state index contributed by atoms with van der Waals surface area (Å²) in [6, 6.07) is 16.6. The number of carboxylic acids is 1. The van der Waals surface area contributed by atoms with Gasteiger partial charge in [-0.25, -0.2) is 14.8 Å². The number of benzene rings is 2. The number of thioether (sulfide) groups is 1. The lowest BCUT2D eigenvalue weighted by Gasteiger charge is -2.17. The predicted molar refractivity (Wildman–Crippen MR) is 103 cm³/mol. The van der Waals surface area contributed by atoms with Crippen LogP contribution in [-0.2, 0) is 4.79 Å². The van der Waals surface area contributed by atoms with E-state index in [4.69, 9.17) is 0 Å². The van der Waals surface area contributed by atoms with E-state index in [2.05, 4.69) is 15.3 Å². The molecule has 0 saturated carbocycles. The van der Waals surface area contributed by atoms with E-state index in [1.54, 1.807) is 11.8 Å². The van der Waals surface area contributed by atoms with Crippen molar-refractivity contribution in [1.82, 2.24) is 9.97 Å². The van der Waals surface area contributed by atoms with Gasteiger partial charge in [0.2, 0.25) is 0 Å². The average molecular weight is 353 g/mol. The molecule has 1 heterocycles. The lowest BCUT2D eigenvalue weighted by molar-refractivity contribution is -0.137. The molecule has 2 aromatic carbocycles. The van der Waals surface area contributed by atoms with Crippen molar-refractivity contribution in [2.75, 3.05) is 17.3 Å². The molecule has 0 aliphatic carbocycles. The fraction of sp³-hybridized carbons (Fsp3) is 0.211. The van der Waals surface area contributed by atoms with E-state index in [0.29, 0.717) is 18.1 Å². The van der Waals surface area contributed by atoms with Gasteiger partial charge in [-0.1, -0.05) is 42.5 Å². The molecule has 0 spiro atoms. The number of hydrogen-bond acceptors (Lipinski definition) is 5. The van der Waals surface area contributed by atoms with Gasteiger partial charge in [-0.2, -0.15) is 11.8 Å². The first-order valence-corrected chi connectivity index (χ1v) is 9.39. The molecule has 25 heavy (non-hydrogen) atoms. The first-order valence-electron chi connectivity index (χ1n) is 7.99. The molecular formula is C19H19N3O2S. The van der Waals surface area contributed by atoms with Gasteiger partial charge in [0.15, 0.2) is 5.82 Å². The summed E-state index contributed by atoms with van der Waals surface area (Å²) in [5, 5.41) is 13.4. The van der Waals surface area contributed by atoms with Gasteiger partial charge in [0, 0.05) is 10.9 Å². The number of aromatic nitrogens is 2. The van der Waals surface area contributed by atoms with Crippen LogP contribution in [0.15, 0.2) is 54.6 Å². The Labute approximate surface area is 150 Å². The lowest BCUT2D eigenvalue weighted by Crippen LogP contribution is -2.30. The molecular weight excluding hydrogens is 334 g/mol. The maximum absolute atomic E-state index is 11.6. The van der Waals surface area contributed by atoms with Gasteiger partial charge in [0.1, 0.15) is 11.9 Å². The zero-order chi connectivity index (χ0) is 17.6. The molecule has 0 radical (unpaired) electrons. The van der Waals surface area contributed by atoms with Crippen molar-refractivity contribution in [3.8, 4) is 11.4 Å². The predicted octanol–water partition coefficient (Wildman–Crippen LogP) is 3.92. The van der Waals surface area contributed by atoms with Crippen LogP contribution in [0.25, 0.3) is 22.3 Å². The normalized spacial score (nSPS) is 12.0. The van der Waals surface area contributed by atoms with E-state index < -0.39 is 12.0 Å². The zero-order valence-corrected chi connectivity index (χ0v) is 14.7. The minimum Gasteiger partial charge on any atom is -0.480 e. The largest absolute Gasteiger partial charge is 0.480 e. The smallest absolute Gasteiger partial charge is 0.326 e. The van der Waals surface area contributed by atoms with Crippen LogP contribution in [0.4, 0.5) is 5.82 Å². The van der Waals surface area contributed by atoms with Gasteiger partial charge in [-0.15, -0.1) is 0 Å². The summed E-state index contributed by atoms with van der Waals surface area (Å²) in [5.74, 6) is 1.02. The summed E-state index contributed by atoms with van der Waals surface area (Å²) in [5.41, 5.74) is 1.68. The van der Waals surface area contributed by atoms with Gasteiger partial charge < -0.3 is 10.4 Å². The summed E-state index contributed by atoms with van der Waals surface area (Å²) in [6.07, 6.45) is 2.49. The number of hydrogen-bond donors (Lipinski definition) is 2. The number of aliphatic carboxylic acids is 1. The molecule has 0 aliphatic heterocycles. The van der Waals surface area contributed by atoms with E-state index >= 15 is 0 Å². The van der Waals surface area contributed by atoms with E-state index in [1.165, 1.54) is 0 Å². The number of anilines is 1. The summed E-state index contributed by atoms with van der Waals surface area (Å²) in [6.45, 7) is 0. The van der Waals surface area contributed by atoms with Crippen molar-refractivity contribution in [3.63, 3.8) is 0 Å². The van der Waals surface area contributed by atoms with Crippen molar-refractivity contribution < 1.29 is 9.90 Å². The minimum atomic E-state index is -0.877. The third kappa shape index (κ3) is 4.09. The van der Waals surface area contributed by atoms with Crippen LogP contribution in [0.1, 0.15) is 6.42 Å². The van der Waals surface area contributed by atoms with E-state index in [0.717, 1.165) is 22.2 Å². The molecule has 5 nitrogen and oxygen atoms in total. The molecule has 0 fully saturated rings. The zero-order valence-electron chi connectivity index (χ0n) is 13.8. The second kappa shape index (κ2) is 7.98. The third-order valence-corrected chi connectivity index (χ3v) is 4.50. The number of nitrogens with one attached hydrogen (secondary N) is 1. The molecule has 128 valence electrons. The molecule has 6 heteroatoms. The molecule has 0 saturated heterocycles. The maximum atomic E-state index is 11.6. The molecule has 3 aromatic rings.